The maximum atomic E-state index is 4.66. The lowest BCUT2D eigenvalue weighted by atomic mass is 10.1. The molecule has 0 atom stereocenters. The van der Waals surface area contributed by atoms with Gasteiger partial charge in [0.1, 0.15) is 5.01 Å². The zero-order chi connectivity index (χ0) is 13.9. The number of aromatic nitrogens is 1. The number of hydrogen-bond donors (Lipinski definition) is 1. The molecule has 1 aliphatic rings. The van der Waals surface area contributed by atoms with Crippen molar-refractivity contribution in [1.82, 2.24) is 15.2 Å². The Balaban J connectivity index is 1.78. The summed E-state index contributed by atoms with van der Waals surface area (Å²) in [6.07, 6.45) is 0. The van der Waals surface area contributed by atoms with Crippen LogP contribution in [-0.4, -0.2) is 36.1 Å². The third-order valence-electron chi connectivity index (χ3n) is 3.82. The summed E-state index contributed by atoms with van der Waals surface area (Å²) in [5.41, 5.74) is 3.78. The van der Waals surface area contributed by atoms with E-state index in [0.29, 0.717) is 0 Å². The van der Waals surface area contributed by atoms with Gasteiger partial charge < -0.3 is 5.32 Å². The third kappa shape index (κ3) is 3.08. The topological polar surface area (TPSA) is 28.2 Å². The number of thiazole rings is 1. The first-order chi connectivity index (χ1) is 9.72. The molecule has 3 nitrogen and oxygen atoms in total. The van der Waals surface area contributed by atoms with Crippen LogP contribution in [-0.2, 0) is 6.54 Å². The first-order valence-corrected chi connectivity index (χ1v) is 8.00. The second-order valence-corrected chi connectivity index (χ2v) is 6.59. The van der Waals surface area contributed by atoms with Crippen LogP contribution >= 0.6 is 11.3 Å². The summed E-state index contributed by atoms with van der Waals surface area (Å²) in [6, 6.07) is 8.83. The van der Waals surface area contributed by atoms with E-state index < -0.39 is 0 Å². The Morgan fingerprint density at radius 3 is 2.75 bits per heavy atom. The molecule has 0 saturated carbocycles. The average Bonchev–Trinajstić information content (AvgIpc) is 2.80. The maximum Gasteiger partial charge on any atom is 0.123 e. The number of aryl methyl sites for hydroxylation is 2. The fourth-order valence-electron chi connectivity index (χ4n) is 2.53. The van der Waals surface area contributed by atoms with E-state index in [0.717, 1.165) is 43.4 Å². The number of hydrogen-bond acceptors (Lipinski definition) is 4. The Hall–Kier alpha value is -1.23. The minimum Gasteiger partial charge on any atom is -0.314 e. The van der Waals surface area contributed by atoms with Crippen LogP contribution in [0.4, 0.5) is 0 Å². The maximum absolute atomic E-state index is 4.66. The van der Waals surface area contributed by atoms with Gasteiger partial charge in [-0.1, -0.05) is 18.2 Å². The molecule has 106 valence electrons. The van der Waals surface area contributed by atoms with Crippen molar-refractivity contribution < 1.29 is 0 Å². The fourth-order valence-corrected chi connectivity index (χ4v) is 3.44. The number of nitrogens with one attached hydrogen (secondary N) is 1. The van der Waals surface area contributed by atoms with Crippen molar-refractivity contribution in [3.63, 3.8) is 0 Å². The molecule has 1 aliphatic heterocycles. The Labute approximate surface area is 124 Å². The Bertz CT molecular complexity index is 566. The predicted molar refractivity (Wildman–Crippen MR) is 85.2 cm³/mol. The van der Waals surface area contributed by atoms with Crippen LogP contribution in [0, 0.1) is 13.8 Å². The van der Waals surface area contributed by atoms with E-state index >= 15 is 0 Å². The normalized spacial score (nSPS) is 16.5. The van der Waals surface area contributed by atoms with E-state index in [9.17, 15) is 0 Å². The summed E-state index contributed by atoms with van der Waals surface area (Å²) >= 11 is 1.79. The summed E-state index contributed by atoms with van der Waals surface area (Å²) in [5, 5.41) is 4.54. The molecule has 1 saturated heterocycles. The molecule has 0 bridgehead atoms. The van der Waals surface area contributed by atoms with Crippen molar-refractivity contribution in [2.45, 2.75) is 20.4 Å². The molecular formula is C16H21N3S. The first-order valence-electron chi connectivity index (χ1n) is 7.19. The van der Waals surface area contributed by atoms with E-state index in [1.807, 2.05) is 0 Å². The van der Waals surface area contributed by atoms with Gasteiger partial charge >= 0.3 is 0 Å². The Morgan fingerprint density at radius 1 is 1.25 bits per heavy atom. The van der Waals surface area contributed by atoms with Crippen LogP contribution in [0.15, 0.2) is 24.3 Å². The van der Waals surface area contributed by atoms with E-state index in [4.69, 9.17) is 0 Å². The zero-order valence-electron chi connectivity index (χ0n) is 12.1. The molecule has 0 amide bonds. The van der Waals surface area contributed by atoms with Gasteiger partial charge in [-0.3, -0.25) is 4.90 Å². The molecular weight excluding hydrogens is 266 g/mol. The standard InChI is InChI=1S/C16H21N3S/c1-12-13(2)20-16(18-12)15-5-3-4-14(10-15)11-19-8-6-17-7-9-19/h3-5,10,17H,6-9,11H2,1-2H3. The van der Waals surface area contributed by atoms with E-state index in [2.05, 4.69) is 53.3 Å². The van der Waals surface area contributed by atoms with Crippen LogP contribution in [0.2, 0.25) is 0 Å². The van der Waals surface area contributed by atoms with Gasteiger partial charge in [0.2, 0.25) is 0 Å². The van der Waals surface area contributed by atoms with Crippen LogP contribution in [0.3, 0.4) is 0 Å². The fraction of sp³-hybridized carbons (Fsp3) is 0.438. The lowest BCUT2D eigenvalue weighted by molar-refractivity contribution is 0.233. The van der Waals surface area contributed by atoms with Crippen LogP contribution < -0.4 is 5.32 Å². The summed E-state index contributed by atoms with van der Waals surface area (Å²) in [6.45, 7) is 9.74. The zero-order valence-corrected chi connectivity index (χ0v) is 13.0. The van der Waals surface area contributed by atoms with Gasteiger partial charge in [0, 0.05) is 43.2 Å². The molecule has 20 heavy (non-hydrogen) atoms. The highest BCUT2D eigenvalue weighted by Crippen LogP contribution is 2.28. The number of nitrogens with zero attached hydrogens (tertiary/aromatic N) is 2. The predicted octanol–water partition coefficient (Wildman–Crippen LogP) is 2.83. The molecule has 1 N–H and O–H groups in total. The van der Waals surface area contributed by atoms with Gasteiger partial charge in [0.05, 0.1) is 5.69 Å². The highest BCUT2D eigenvalue weighted by Gasteiger charge is 2.11. The highest BCUT2D eigenvalue weighted by atomic mass is 32.1. The molecule has 1 aromatic carbocycles. The smallest absolute Gasteiger partial charge is 0.123 e. The van der Waals surface area contributed by atoms with Crippen molar-refractivity contribution >= 4 is 11.3 Å². The molecule has 0 unspecified atom stereocenters. The third-order valence-corrected chi connectivity index (χ3v) is 4.94. The SMILES string of the molecule is Cc1nc(-c2cccc(CN3CCNCC3)c2)sc1C. The monoisotopic (exact) mass is 287 g/mol. The molecule has 2 heterocycles. The van der Waals surface area contributed by atoms with Gasteiger partial charge in [0.15, 0.2) is 0 Å². The second kappa shape index (κ2) is 6.04. The van der Waals surface area contributed by atoms with Gasteiger partial charge in [-0.25, -0.2) is 4.98 Å². The van der Waals surface area contributed by atoms with Crippen molar-refractivity contribution in [2.24, 2.45) is 0 Å². The van der Waals surface area contributed by atoms with Gasteiger partial charge in [0.25, 0.3) is 0 Å². The molecule has 4 heteroatoms. The molecule has 1 aromatic heterocycles. The van der Waals surface area contributed by atoms with Crippen LogP contribution in [0.5, 0.6) is 0 Å². The largest absolute Gasteiger partial charge is 0.314 e. The van der Waals surface area contributed by atoms with Gasteiger partial charge in [-0.15, -0.1) is 11.3 Å². The lowest BCUT2D eigenvalue weighted by Gasteiger charge is -2.27. The highest BCUT2D eigenvalue weighted by molar-refractivity contribution is 7.15. The van der Waals surface area contributed by atoms with E-state index in [1.165, 1.54) is 16.0 Å². The number of rotatable bonds is 3. The number of benzene rings is 1. The minimum atomic E-state index is 1.04. The van der Waals surface area contributed by atoms with Gasteiger partial charge in [-0.2, -0.15) is 0 Å². The summed E-state index contributed by atoms with van der Waals surface area (Å²) in [5.74, 6) is 0. The molecule has 0 spiro atoms. The van der Waals surface area contributed by atoms with Crippen LogP contribution in [0.25, 0.3) is 10.6 Å². The van der Waals surface area contributed by atoms with E-state index in [-0.39, 0.29) is 0 Å². The molecule has 0 radical (unpaired) electrons. The quantitative estimate of drug-likeness (QED) is 0.941. The molecule has 0 aliphatic carbocycles. The average molecular weight is 287 g/mol. The van der Waals surface area contributed by atoms with Gasteiger partial charge in [-0.05, 0) is 25.5 Å². The molecule has 2 aromatic rings. The minimum absolute atomic E-state index is 1.04. The molecule has 3 rings (SSSR count). The first kappa shape index (κ1) is 13.7. The number of piperazine rings is 1. The summed E-state index contributed by atoms with van der Waals surface area (Å²) in [7, 11) is 0. The van der Waals surface area contributed by atoms with Crippen LogP contribution in [0.1, 0.15) is 16.1 Å². The summed E-state index contributed by atoms with van der Waals surface area (Å²) < 4.78 is 0. The van der Waals surface area contributed by atoms with Crippen molar-refractivity contribution in [2.75, 3.05) is 26.2 Å². The Kier molecular flexibility index (Phi) is 4.15. The van der Waals surface area contributed by atoms with Crippen molar-refractivity contribution in [1.29, 1.82) is 0 Å². The second-order valence-electron chi connectivity index (χ2n) is 5.39. The Morgan fingerprint density at radius 2 is 2.05 bits per heavy atom. The van der Waals surface area contributed by atoms with Crippen molar-refractivity contribution in [3.05, 3.63) is 40.4 Å². The molecule has 1 fully saturated rings. The van der Waals surface area contributed by atoms with Crippen molar-refractivity contribution in [3.8, 4) is 10.6 Å². The van der Waals surface area contributed by atoms with E-state index in [1.54, 1.807) is 11.3 Å². The summed E-state index contributed by atoms with van der Waals surface area (Å²) in [4.78, 5) is 8.48. The lowest BCUT2D eigenvalue weighted by Crippen LogP contribution is -2.42.